The molecular weight excluding hydrogens is 359 g/mol. The van der Waals surface area contributed by atoms with Crippen LogP contribution in [0, 0.1) is 13.8 Å². The zero-order valence-corrected chi connectivity index (χ0v) is 14.9. The number of carbonyl (C=O) groups is 1. The van der Waals surface area contributed by atoms with E-state index in [2.05, 4.69) is 15.5 Å². The summed E-state index contributed by atoms with van der Waals surface area (Å²) in [6, 6.07) is 8.88. The molecule has 0 aliphatic rings. The molecule has 1 aromatic carbocycles. The van der Waals surface area contributed by atoms with Crippen molar-refractivity contribution in [3.63, 3.8) is 0 Å². The first-order valence-corrected chi connectivity index (χ1v) is 8.22. The van der Waals surface area contributed by atoms with Crippen LogP contribution in [0.5, 0.6) is 0 Å². The van der Waals surface area contributed by atoms with Crippen molar-refractivity contribution >= 4 is 11.6 Å². The summed E-state index contributed by atoms with van der Waals surface area (Å²) in [7, 11) is 0. The van der Waals surface area contributed by atoms with Crippen LogP contribution < -0.4 is 5.32 Å². The number of amides is 1. The van der Waals surface area contributed by atoms with E-state index in [1.54, 1.807) is 28.9 Å². The standard InChI is InChI=1S/C18H18F3N5O/c1-11-8-9-25(23-11)15-6-4-14(5-7-15)22-17(27)13(3)26-12(2)10-16(24-26)18(19,20)21/h4-10,13H,1-3H3,(H,22,27). The number of nitrogens with one attached hydrogen (secondary N) is 1. The van der Waals surface area contributed by atoms with Crippen LogP contribution in [0.2, 0.25) is 0 Å². The molecule has 27 heavy (non-hydrogen) atoms. The van der Waals surface area contributed by atoms with E-state index in [9.17, 15) is 18.0 Å². The molecule has 0 radical (unpaired) electrons. The van der Waals surface area contributed by atoms with E-state index in [0.717, 1.165) is 22.1 Å². The van der Waals surface area contributed by atoms with Crippen LogP contribution in [0.15, 0.2) is 42.6 Å². The Kier molecular flexibility index (Phi) is 4.77. The lowest BCUT2D eigenvalue weighted by atomic mass is 10.2. The van der Waals surface area contributed by atoms with Gasteiger partial charge in [0.05, 0.1) is 11.4 Å². The van der Waals surface area contributed by atoms with Crippen molar-refractivity contribution in [2.45, 2.75) is 33.0 Å². The molecule has 0 aliphatic carbocycles. The van der Waals surface area contributed by atoms with Gasteiger partial charge in [-0.1, -0.05) is 0 Å². The van der Waals surface area contributed by atoms with Crippen molar-refractivity contribution in [2.24, 2.45) is 0 Å². The Hall–Kier alpha value is -3.10. The molecule has 0 saturated carbocycles. The molecule has 0 fully saturated rings. The smallest absolute Gasteiger partial charge is 0.324 e. The first-order valence-electron chi connectivity index (χ1n) is 8.22. The van der Waals surface area contributed by atoms with Crippen molar-refractivity contribution in [1.29, 1.82) is 0 Å². The molecule has 2 heterocycles. The molecule has 142 valence electrons. The first-order chi connectivity index (χ1) is 12.6. The van der Waals surface area contributed by atoms with E-state index in [1.807, 2.05) is 19.2 Å². The number of halogens is 3. The molecule has 3 aromatic rings. The molecular formula is C18H18F3N5O. The van der Waals surface area contributed by atoms with Gasteiger partial charge < -0.3 is 5.32 Å². The third kappa shape index (κ3) is 4.02. The van der Waals surface area contributed by atoms with Gasteiger partial charge in [-0.2, -0.15) is 23.4 Å². The molecule has 0 bridgehead atoms. The number of benzene rings is 1. The van der Waals surface area contributed by atoms with E-state index >= 15 is 0 Å². The largest absolute Gasteiger partial charge is 0.435 e. The van der Waals surface area contributed by atoms with Crippen molar-refractivity contribution < 1.29 is 18.0 Å². The highest BCUT2D eigenvalue weighted by molar-refractivity contribution is 5.93. The number of carbonyl (C=O) groups excluding carboxylic acids is 1. The highest BCUT2D eigenvalue weighted by Crippen LogP contribution is 2.29. The Morgan fingerprint density at radius 2 is 1.78 bits per heavy atom. The van der Waals surface area contributed by atoms with E-state index in [4.69, 9.17) is 0 Å². The quantitative estimate of drug-likeness (QED) is 0.750. The van der Waals surface area contributed by atoms with Gasteiger partial charge in [0, 0.05) is 17.6 Å². The van der Waals surface area contributed by atoms with Crippen molar-refractivity contribution in [3.8, 4) is 5.69 Å². The summed E-state index contributed by atoms with van der Waals surface area (Å²) in [6.45, 7) is 4.86. The van der Waals surface area contributed by atoms with Gasteiger partial charge in [0.1, 0.15) is 6.04 Å². The number of anilines is 1. The lowest BCUT2D eigenvalue weighted by molar-refractivity contribution is -0.141. The van der Waals surface area contributed by atoms with E-state index < -0.39 is 23.8 Å². The molecule has 3 rings (SSSR count). The molecule has 1 N–H and O–H groups in total. The normalized spacial score (nSPS) is 12.8. The summed E-state index contributed by atoms with van der Waals surface area (Å²) in [5.74, 6) is -0.461. The molecule has 2 aromatic heterocycles. The fourth-order valence-corrected chi connectivity index (χ4v) is 2.63. The third-order valence-corrected chi connectivity index (χ3v) is 4.08. The third-order valence-electron chi connectivity index (χ3n) is 4.08. The summed E-state index contributed by atoms with van der Waals surface area (Å²) in [4.78, 5) is 12.4. The van der Waals surface area contributed by atoms with Gasteiger partial charge >= 0.3 is 6.18 Å². The van der Waals surface area contributed by atoms with Gasteiger partial charge in [-0.25, -0.2) is 4.68 Å². The Morgan fingerprint density at radius 1 is 1.11 bits per heavy atom. The first kappa shape index (κ1) is 18.7. The highest BCUT2D eigenvalue weighted by atomic mass is 19.4. The maximum absolute atomic E-state index is 12.8. The van der Waals surface area contributed by atoms with Gasteiger partial charge in [-0.3, -0.25) is 9.48 Å². The Morgan fingerprint density at radius 3 is 2.30 bits per heavy atom. The molecule has 1 atom stereocenters. The number of hydrogen-bond donors (Lipinski definition) is 1. The fourth-order valence-electron chi connectivity index (χ4n) is 2.63. The molecule has 1 amide bonds. The zero-order chi connectivity index (χ0) is 19.8. The lowest BCUT2D eigenvalue weighted by Crippen LogP contribution is -2.25. The number of aryl methyl sites for hydroxylation is 2. The van der Waals surface area contributed by atoms with Crippen LogP contribution in [0.4, 0.5) is 18.9 Å². The summed E-state index contributed by atoms with van der Waals surface area (Å²) in [6.07, 6.45) is -2.73. The van der Waals surface area contributed by atoms with Gasteiger partial charge in [0.15, 0.2) is 5.69 Å². The SMILES string of the molecule is Cc1ccn(-c2ccc(NC(=O)C(C)n3nc(C(F)(F)F)cc3C)cc2)n1. The molecule has 0 aliphatic heterocycles. The fraction of sp³-hybridized carbons (Fsp3) is 0.278. The number of nitrogens with zero attached hydrogens (tertiary/aromatic N) is 4. The monoisotopic (exact) mass is 377 g/mol. The second-order valence-electron chi connectivity index (χ2n) is 6.23. The van der Waals surface area contributed by atoms with Crippen molar-refractivity contribution in [2.75, 3.05) is 5.32 Å². The maximum Gasteiger partial charge on any atom is 0.435 e. The summed E-state index contributed by atoms with van der Waals surface area (Å²) < 4.78 is 41.1. The summed E-state index contributed by atoms with van der Waals surface area (Å²) in [5, 5.41) is 10.5. The van der Waals surface area contributed by atoms with E-state index in [-0.39, 0.29) is 5.69 Å². The molecule has 1 unspecified atom stereocenters. The van der Waals surface area contributed by atoms with Crippen LogP contribution in [-0.2, 0) is 11.0 Å². The molecule has 0 saturated heterocycles. The topological polar surface area (TPSA) is 64.7 Å². The van der Waals surface area contributed by atoms with Gasteiger partial charge in [-0.15, -0.1) is 0 Å². The average Bonchev–Trinajstić information content (AvgIpc) is 3.20. The number of aromatic nitrogens is 4. The Balaban J connectivity index is 1.72. The van der Waals surface area contributed by atoms with Crippen molar-refractivity contribution in [1.82, 2.24) is 19.6 Å². The van der Waals surface area contributed by atoms with Crippen LogP contribution >= 0.6 is 0 Å². The molecule has 6 nitrogen and oxygen atoms in total. The average molecular weight is 377 g/mol. The number of rotatable bonds is 4. The van der Waals surface area contributed by atoms with Crippen molar-refractivity contribution in [3.05, 3.63) is 59.7 Å². The predicted octanol–water partition coefficient (Wildman–Crippen LogP) is 3.90. The van der Waals surface area contributed by atoms with Crippen LogP contribution in [-0.4, -0.2) is 25.5 Å². The second-order valence-corrected chi connectivity index (χ2v) is 6.23. The van der Waals surface area contributed by atoms with Crippen LogP contribution in [0.3, 0.4) is 0 Å². The highest BCUT2D eigenvalue weighted by Gasteiger charge is 2.35. The minimum Gasteiger partial charge on any atom is -0.324 e. The second kappa shape index (κ2) is 6.90. The Labute approximate surface area is 153 Å². The van der Waals surface area contributed by atoms with Gasteiger partial charge in [0.2, 0.25) is 5.91 Å². The summed E-state index contributed by atoms with van der Waals surface area (Å²) >= 11 is 0. The lowest BCUT2D eigenvalue weighted by Gasteiger charge is -2.15. The molecule has 9 heteroatoms. The number of hydrogen-bond acceptors (Lipinski definition) is 3. The van der Waals surface area contributed by atoms with Crippen LogP contribution in [0.1, 0.15) is 30.0 Å². The number of alkyl halides is 3. The van der Waals surface area contributed by atoms with E-state index in [0.29, 0.717) is 5.69 Å². The minimum atomic E-state index is -4.55. The predicted molar refractivity (Wildman–Crippen MR) is 93.6 cm³/mol. The van der Waals surface area contributed by atoms with Gasteiger partial charge in [0.25, 0.3) is 0 Å². The Bertz CT molecular complexity index is 956. The zero-order valence-electron chi connectivity index (χ0n) is 14.9. The van der Waals surface area contributed by atoms with Gasteiger partial charge in [-0.05, 0) is 57.2 Å². The molecule has 0 spiro atoms. The van der Waals surface area contributed by atoms with Crippen LogP contribution in [0.25, 0.3) is 5.69 Å². The van der Waals surface area contributed by atoms with E-state index in [1.165, 1.54) is 13.8 Å². The maximum atomic E-state index is 12.8. The minimum absolute atomic E-state index is 0.259. The summed E-state index contributed by atoms with van der Waals surface area (Å²) in [5.41, 5.74) is 1.48.